The molecule has 3 N–H and O–H groups in total. The number of aliphatic hydroxyl groups is 1. The molecular weight excluding hydrogens is 320 g/mol. The number of carbonyl (C=O) groups is 2. The minimum absolute atomic E-state index is 0.0616. The van der Waals surface area contributed by atoms with Gasteiger partial charge >= 0.3 is 5.97 Å². The highest BCUT2D eigenvalue weighted by Gasteiger charge is 2.23. The number of fused-ring (bicyclic) bond motifs is 1. The highest BCUT2D eigenvalue weighted by Crippen LogP contribution is 2.21. The summed E-state index contributed by atoms with van der Waals surface area (Å²) in [6, 6.07) is 5.25. The van der Waals surface area contributed by atoms with Crippen molar-refractivity contribution in [2.45, 2.75) is 6.42 Å². The van der Waals surface area contributed by atoms with Gasteiger partial charge in [0.05, 0.1) is 29.9 Å². The lowest BCUT2D eigenvalue weighted by Crippen LogP contribution is -2.34. The Labute approximate surface area is 137 Å². The van der Waals surface area contributed by atoms with Gasteiger partial charge in [-0.25, -0.2) is 0 Å². The Hall–Kier alpha value is -2.10. The van der Waals surface area contributed by atoms with Gasteiger partial charge < -0.3 is 20.4 Å². The van der Waals surface area contributed by atoms with Crippen LogP contribution in [-0.2, 0) is 9.59 Å². The van der Waals surface area contributed by atoms with Gasteiger partial charge in [0, 0.05) is 19.5 Å². The fourth-order valence-electron chi connectivity index (χ4n) is 2.20. The van der Waals surface area contributed by atoms with Gasteiger partial charge in [0.15, 0.2) is 0 Å². The average molecular weight is 338 g/mol. The number of nitrogens with zero attached hydrogens (tertiary/aromatic N) is 3. The van der Waals surface area contributed by atoms with Crippen LogP contribution in [0.15, 0.2) is 18.2 Å². The van der Waals surface area contributed by atoms with Crippen molar-refractivity contribution in [1.82, 2.24) is 13.6 Å². The average Bonchev–Trinajstić information content (AvgIpc) is 2.96. The number of aliphatic hydroxyl groups excluding tert-OH is 1. The van der Waals surface area contributed by atoms with Gasteiger partial charge in [-0.3, -0.25) is 9.59 Å². The first-order valence-electron chi connectivity index (χ1n) is 7.04. The van der Waals surface area contributed by atoms with Crippen molar-refractivity contribution in [2.24, 2.45) is 5.92 Å². The Morgan fingerprint density at radius 2 is 2.17 bits per heavy atom. The highest BCUT2D eigenvalue weighted by atomic mass is 32.1. The smallest absolute Gasteiger partial charge is 0.308 e. The number of amides is 1. The van der Waals surface area contributed by atoms with E-state index >= 15 is 0 Å². The van der Waals surface area contributed by atoms with Gasteiger partial charge in [-0.15, -0.1) is 0 Å². The number of hydrogen-bond acceptors (Lipinski definition) is 7. The third-order valence-corrected chi connectivity index (χ3v) is 3.90. The largest absolute Gasteiger partial charge is 0.481 e. The SMILES string of the molecule is CN(CCO)CC(CC(=O)Nc1cccc2nsnc12)C(=O)O. The molecule has 2 aromatic rings. The van der Waals surface area contributed by atoms with Crippen molar-refractivity contribution in [3.05, 3.63) is 18.2 Å². The normalized spacial score (nSPS) is 12.5. The predicted molar refractivity (Wildman–Crippen MR) is 86.4 cm³/mol. The lowest BCUT2D eigenvalue weighted by Gasteiger charge is -2.20. The third kappa shape index (κ3) is 4.68. The van der Waals surface area contributed by atoms with Crippen LogP contribution in [0.3, 0.4) is 0 Å². The number of likely N-dealkylation sites (N-methyl/N-ethyl adjacent to an activating group) is 1. The lowest BCUT2D eigenvalue weighted by atomic mass is 10.0. The first-order valence-corrected chi connectivity index (χ1v) is 7.77. The van der Waals surface area contributed by atoms with E-state index in [2.05, 4.69) is 14.1 Å². The molecule has 2 rings (SSSR count). The van der Waals surface area contributed by atoms with E-state index < -0.39 is 17.8 Å². The quantitative estimate of drug-likeness (QED) is 0.647. The summed E-state index contributed by atoms with van der Waals surface area (Å²) in [5.41, 5.74) is 1.80. The number of aliphatic carboxylic acids is 1. The van der Waals surface area contributed by atoms with Crippen molar-refractivity contribution in [1.29, 1.82) is 0 Å². The summed E-state index contributed by atoms with van der Waals surface area (Å²) in [5.74, 6) is -2.28. The number of benzene rings is 1. The topological polar surface area (TPSA) is 116 Å². The molecule has 0 spiro atoms. The molecule has 0 fully saturated rings. The summed E-state index contributed by atoms with van der Waals surface area (Å²) in [6.45, 7) is 0.481. The number of carbonyl (C=O) groups excluding carboxylic acids is 1. The zero-order valence-corrected chi connectivity index (χ0v) is 13.4. The molecule has 0 saturated carbocycles. The molecule has 23 heavy (non-hydrogen) atoms. The van der Waals surface area contributed by atoms with Crippen LogP contribution in [0.1, 0.15) is 6.42 Å². The van der Waals surface area contributed by atoms with Crippen LogP contribution in [0.4, 0.5) is 5.69 Å². The zero-order valence-electron chi connectivity index (χ0n) is 12.6. The molecular formula is C14H18N4O4S. The van der Waals surface area contributed by atoms with Crippen LogP contribution >= 0.6 is 11.7 Å². The van der Waals surface area contributed by atoms with Crippen molar-refractivity contribution in [3.8, 4) is 0 Å². The summed E-state index contributed by atoms with van der Waals surface area (Å²) < 4.78 is 8.21. The van der Waals surface area contributed by atoms with E-state index in [1.165, 1.54) is 0 Å². The second kappa shape index (κ2) is 7.95. The van der Waals surface area contributed by atoms with E-state index in [-0.39, 0.29) is 19.6 Å². The standard InChI is InChI=1S/C14H18N4O4S/c1-18(5-6-19)8-9(14(21)22)7-12(20)15-10-3-2-4-11-13(10)17-23-16-11/h2-4,9,19H,5-8H2,1H3,(H,15,20)(H,21,22). The van der Waals surface area contributed by atoms with E-state index in [9.17, 15) is 14.7 Å². The van der Waals surface area contributed by atoms with Crippen LogP contribution in [-0.4, -0.2) is 62.5 Å². The first-order chi connectivity index (χ1) is 11.0. The molecule has 0 aliphatic carbocycles. The van der Waals surface area contributed by atoms with E-state index in [1.54, 1.807) is 30.1 Å². The van der Waals surface area contributed by atoms with E-state index in [4.69, 9.17) is 5.11 Å². The summed E-state index contributed by atoms with van der Waals surface area (Å²) in [6.07, 6.45) is -0.154. The van der Waals surface area contributed by atoms with E-state index in [1.807, 2.05) is 0 Å². The maximum atomic E-state index is 12.1. The predicted octanol–water partition coefficient (Wildman–Crippen LogP) is 0.645. The fourth-order valence-corrected chi connectivity index (χ4v) is 2.75. The van der Waals surface area contributed by atoms with Gasteiger partial charge in [0.25, 0.3) is 0 Å². The number of aromatic nitrogens is 2. The van der Waals surface area contributed by atoms with Crippen LogP contribution in [0.2, 0.25) is 0 Å². The summed E-state index contributed by atoms with van der Waals surface area (Å²) >= 11 is 1.05. The van der Waals surface area contributed by atoms with Gasteiger partial charge in [-0.1, -0.05) is 6.07 Å². The molecule has 1 heterocycles. The van der Waals surface area contributed by atoms with E-state index in [0.29, 0.717) is 23.3 Å². The Kier molecular flexibility index (Phi) is 5.97. The maximum Gasteiger partial charge on any atom is 0.308 e. The first kappa shape index (κ1) is 17.3. The maximum absolute atomic E-state index is 12.1. The molecule has 9 heteroatoms. The number of anilines is 1. The van der Waals surface area contributed by atoms with Gasteiger partial charge in [0.1, 0.15) is 11.0 Å². The van der Waals surface area contributed by atoms with Crippen molar-refractivity contribution >= 4 is 40.3 Å². The Morgan fingerprint density at radius 3 is 2.87 bits per heavy atom. The Balaban J connectivity index is 2.01. The van der Waals surface area contributed by atoms with Gasteiger partial charge in [-0.05, 0) is 19.2 Å². The molecule has 0 aliphatic rings. The third-order valence-electron chi connectivity index (χ3n) is 3.35. The number of rotatable bonds is 8. The number of hydrogen-bond donors (Lipinski definition) is 3. The second-order valence-electron chi connectivity index (χ2n) is 5.21. The second-order valence-corrected chi connectivity index (χ2v) is 5.74. The Morgan fingerprint density at radius 1 is 1.39 bits per heavy atom. The van der Waals surface area contributed by atoms with Crippen molar-refractivity contribution < 1.29 is 19.8 Å². The fraction of sp³-hybridized carbons (Fsp3) is 0.429. The molecule has 1 aromatic carbocycles. The van der Waals surface area contributed by atoms with Crippen LogP contribution in [0, 0.1) is 5.92 Å². The minimum Gasteiger partial charge on any atom is -0.481 e. The summed E-state index contributed by atoms with van der Waals surface area (Å²) in [4.78, 5) is 25.1. The zero-order chi connectivity index (χ0) is 16.8. The van der Waals surface area contributed by atoms with Gasteiger partial charge in [0.2, 0.25) is 5.91 Å². The highest BCUT2D eigenvalue weighted by molar-refractivity contribution is 7.00. The molecule has 0 aliphatic heterocycles. The monoisotopic (exact) mass is 338 g/mol. The van der Waals surface area contributed by atoms with E-state index in [0.717, 1.165) is 11.7 Å². The Bertz CT molecular complexity index is 690. The van der Waals surface area contributed by atoms with Crippen LogP contribution in [0.25, 0.3) is 11.0 Å². The van der Waals surface area contributed by atoms with Crippen molar-refractivity contribution in [2.75, 3.05) is 32.1 Å². The molecule has 0 saturated heterocycles. The molecule has 1 unspecified atom stereocenters. The molecule has 1 amide bonds. The van der Waals surface area contributed by atoms with Crippen LogP contribution < -0.4 is 5.32 Å². The molecule has 1 aromatic heterocycles. The number of carboxylic acid groups (broad SMARTS) is 1. The minimum atomic E-state index is -1.04. The summed E-state index contributed by atoms with van der Waals surface area (Å²) in [7, 11) is 1.70. The molecule has 0 bridgehead atoms. The number of nitrogens with one attached hydrogen (secondary N) is 1. The summed E-state index contributed by atoms with van der Waals surface area (Å²) in [5, 5.41) is 20.8. The molecule has 124 valence electrons. The van der Waals surface area contributed by atoms with Gasteiger partial charge in [-0.2, -0.15) is 8.75 Å². The lowest BCUT2D eigenvalue weighted by molar-refractivity contribution is -0.144. The number of carboxylic acids is 1. The molecule has 0 radical (unpaired) electrons. The van der Waals surface area contributed by atoms with Crippen LogP contribution in [0.5, 0.6) is 0 Å². The molecule has 1 atom stereocenters. The molecule has 8 nitrogen and oxygen atoms in total. The van der Waals surface area contributed by atoms with Crippen molar-refractivity contribution in [3.63, 3.8) is 0 Å².